The van der Waals surface area contributed by atoms with Gasteiger partial charge in [0.15, 0.2) is 6.61 Å². The number of nitrogens with one attached hydrogen (secondary N) is 1. The lowest BCUT2D eigenvalue weighted by molar-refractivity contribution is -0.123. The number of rotatable bonds is 6. The Bertz CT molecular complexity index is 540. The van der Waals surface area contributed by atoms with E-state index < -0.39 is 0 Å². The van der Waals surface area contributed by atoms with Gasteiger partial charge in [-0.25, -0.2) is 0 Å². The fraction of sp³-hybridized carbons (Fsp3) is 0.611. The molecule has 1 aromatic rings. The Morgan fingerprint density at radius 3 is 2.54 bits per heavy atom. The zero-order valence-electron chi connectivity index (χ0n) is 13.9. The highest BCUT2D eigenvalue weighted by atomic mass is 79.9. The summed E-state index contributed by atoms with van der Waals surface area (Å²) in [5.41, 5.74) is 0.175. The molecule has 1 aliphatic carbocycles. The van der Waals surface area contributed by atoms with Crippen LogP contribution in [0.3, 0.4) is 0 Å². The van der Waals surface area contributed by atoms with Crippen molar-refractivity contribution in [2.75, 3.05) is 37.7 Å². The number of amides is 1. The maximum Gasteiger partial charge on any atom is 0.258 e. The first-order valence-corrected chi connectivity index (χ1v) is 10.6. The minimum Gasteiger partial charge on any atom is -0.484 e. The van der Waals surface area contributed by atoms with Gasteiger partial charge in [0.2, 0.25) is 0 Å². The summed E-state index contributed by atoms with van der Waals surface area (Å²) in [5, 5.41) is 3.12. The number of hydrogen-bond acceptors (Lipinski definition) is 4. The standard InChI is InChI=1S/C18H25BrN2O2S/c19-15-3-5-16(6-4-15)23-13-17(22)20-14-18(7-1-2-8-18)21-9-11-24-12-10-21/h3-6H,1-2,7-14H2,(H,20,22). The van der Waals surface area contributed by atoms with Crippen LogP contribution in [0.5, 0.6) is 5.75 Å². The number of ether oxygens (including phenoxy) is 1. The van der Waals surface area contributed by atoms with E-state index in [4.69, 9.17) is 4.74 Å². The lowest BCUT2D eigenvalue weighted by atomic mass is 9.94. The second kappa shape index (κ2) is 8.59. The topological polar surface area (TPSA) is 41.6 Å². The lowest BCUT2D eigenvalue weighted by Gasteiger charge is -2.43. The number of benzene rings is 1. The van der Waals surface area contributed by atoms with Crippen molar-refractivity contribution < 1.29 is 9.53 Å². The maximum atomic E-state index is 12.2. The molecule has 0 radical (unpaired) electrons. The third-order valence-corrected chi connectivity index (χ3v) is 6.49. The average molecular weight is 413 g/mol. The Hall–Kier alpha value is -0.720. The lowest BCUT2D eigenvalue weighted by Crippen LogP contribution is -2.56. The number of hydrogen-bond donors (Lipinski definition) is 1. The van der Waals surface area contributed by atoms with E-state index in [1.807, 2.05) is 36.0 Å². The minimum atomic E-state index is -0.0319. The van der Waals surface area contributed by atoms with Crippen LogP contribution in [0.2, 0.25) is 0 Å². The predicted molar refractivity (Wildman–Crippen MR) is 103 cm³/mol. The minimum absolute atomic E-state index is 0.0319. The van der Waals surface area contributed by atoms with Crippen molar-refractivity contribution in [1.29, 1.82) is 0 Å². The Morgan fingerprint density at radius 2 is 1.88 bits per heavy atom. The highest BCUT2D eigenvalue weighted by Crippen LogP contribution is 2.36. The van der Waals surface area contributed by atoms with Crippen molar-refractivity contribution in [3.63, 3.8) is 0 Å². The highest BCUT2D eigenvalue weighted by Gasteiger charge is 2.40. The molecule has 0 spiro atoms. The van der Waals surface area contributed by atoms with E-state index in [9.17, 15) is 4.79 Å². The van der Waals surface area contributed by atoms with Crippen LogP contribution in [-0.4, -0.2) is 54.1 Å². The van der Waals surface area contributed by atoms with Gasteiger partial charge in [0, 0.05) is 41.2 Å². The predicted octanol–water partition coefficient (Wildman–Crippen LogP) is 3.31. The monoisotopic (exact) mass is 412 g/mol. The van der Waals surface area contributed by atoms with E-state index in [1.165, 1.54) is 37.2 Å². The summed E-state index contributed by atoms with van der Waals surface area (Å²) in [6.45, 7) is 3.12. The van der Waals surface area contributed by atoms with Crippen LogP contribution in [-0.2, 0) is 4.79 Å². The number of carbonyl (C=O) groups excluding carboxylic acids is 1. The molecule has 0 atom stereocenters. The van der Waals surface area contributed by atoms with Gasteiger partial charge in [0.05, 0.1) is 0 Å². The second-order valence-electron chi connectivity index (χ2n) is 6.55. The zero-order chi connectivity index (χ0) is 16.8. The largest absolute Gasteiger partial charge is 0.484 e. The summed E-state index contributed by atoms with van der Waals surface area (Å²) in [7, 11) is 0. The molecule has 4 nitrogen and oxygen atoms in total. The van der Waals surface area contributed by atoms with Crippen molar-refractivity contribution >= 4 is 33.6 Å². The van der Waals surface area contributed by atoms with E-state index >= 15 is 0 Å². The molecular weight excluding hydrogens is 388 g/mol. The fourth-order valence-corrected chi connectivity index (χ4v) is 4.84. The molecule has 24 heavy (non-hydrogen) atoms. The molecule has 2 fully saturated rings. The molecule has 1 aromatic carbocycles. The van der Waals surface area contributed by atoms with Crippen LogP contribution in [0.1, 0.15) is 25.7 Å². The Labute approximate surface area is 156 Å². The van der Waals surface area contributed by atoms with Crippen molar-refractivity contribution in [3.05, 3.63) is 28.7 Å². The normalized spacial score (nSPS) is 20.7. The number of carbonyl (C=O) groups is 1. The van der Waals surface area contributed by atoms with E-state index in [-0.39, 0.29) is 18.1 Å². The van der Waals surface area contributed by atoms with E-state index in [0.717, 1.165) is 29.9 Å². The third-order valence-electron chi connectivity index (χ3n) is 5.01. The molecular formula is C18H25BrN2O2S. The van der Waals surface area contributed by atoms with Gasteiger partial charge in [-0.2, -0.15) is 11.8 Å². The quantitative estimate of drug-likeness (QED) is 0.777. The molecule has 1 saturated heterocycles. The van der Waals surface area contributed by atoms with E-state index in [1.54, 1.807) is 0 Å². The molecule has 2 aliphatic rings. The van der Waals surface area contributed by atoms with Gasteiger partial charge >= 0.3 is 0 Å². The smallest absolute Gasteiger partial charge is 0.258 e. The number of thioether (sulfide) groups is 1. The van der Waals surface area contributed by atoms with Crippen LogP contribution in [0.15, 0.2) is 28.7 Å². The number of halogens is 1. The van der Waals surface area contributed by atoms with Crippen molar-refractivity contribution in [2.24, 2.45) is 0 Å². The van der Waals surface area contributed by atoms with Gasteiger partial charge in [0.25, 0.3) is 5.91 Å². The molecule has 1 saturated carbocycles. The molecule has 0 aromatic heterocycles. The van der Waals surface area contributed by atoms with Gasteiger partial charge in [0.1, 0.15) is 5.75 Å². The first kappa shape index (κ1) is 18.1. The average Bonchev–Trinajstić information content (AvgIpc) is 3.10. The van der Waals surface area contributed by atoms with E-state index in [2.05, 4.69) is 26.1 Å². The molecule has 0 bridgehead atoms. The SMILES string of the molecule is O=C(COc1ccc(Br)cc1)NCC1(N2CCSCC2)CCCC1. The summed E-state index contributed by atoms with van der Waals surface area (Å²) < 4.78 is 6.57. The molecule has 1 N–H and O–H groups in total. The molecule has 1 aliphatic heterocycles. The van der Waals surface area contributed by atoms with Gasteiger partial charge in [-0.05, 0) is 37.1 Å². The number of nitrogens with zero attached hydrogens (tertiary/aromatic N) is 1. The molecule has 132 valence electrons. The summed E-state index contributed by atoms with van der Waals surface area (Å²) in [6, 6.07) is 7.55. The van der Waals surface area contributed by atoms with Crippen LogP contribution in [0, 0.1) is 0 Å². The summed E-state index contributed by atoms with van der Waals surface area (Å²) >= 11 is 5.43. The van der Waals surface area contributed by atoms with Crippen LogP contribution in [0.4, 0.5) is 0 Å². The van der Waals surface area contributed by atoms with Crippen LogP contribution >= 0.6 is 27.7 Å². The van der Waals surface area contributed by atoms with Gasteiger partial charge in [-0.1, -0.05) is 28.8 Å². The fourth-order valence-electron chi connectivity index (χ4n) is 3.67. The molecule has 1 amide bonds. The molecule has 1 heterocycles. The van der Waals surface area contributed by atoms with Crippen molar-refractivity contribution in [1.82, 2.24) is 10.2 Å². The second-order valence-corrected chi connectivity index (χ2v) is 8.69. The Kier molecular flexibility index (Phi) is 6.47. The summed E-state index contributed by atoms with van der Waals surface area (Å²) in [5.74, 6) is 3.11. The Morgan fingerprint density at radius 1 is 1.21 bits per heavy atom. The maximum absolute atomic E-state index is 12.2. The summed E-state index contributed by atoms with van der Waals surface area (Å²) in [6.07, 6.45) is 4.95. The molecule has 6 heteroatoms. The zero-order valence-corrected chi connectivity index (χ0v) is 16.3. The van der Waals surface area contributed by atoms with Crippen LogP contribution < -0.4 is 10.1 Å². The van der Waals surface area contributed by atoms with Crippen LogP contribution in [0.25, 0.3) is 0 Å². The van der Waals surface area contributed by atoms with Gasteiger partial charge < -0.3 is 10.1 Å². The first-order valence-electron chi connectivity index (χ1n) is 8.66. The van der Waals surface area contributed by atoms with Crippen molar-refractivity contribution in [2.45, 2.75) is 31.2 Å². The Balaban J connectivity index is 1.49. The molecule has 3 rings (SSSR count). The molecule has 0 unspecified atom stereocenters. The van der Waals surface area contributed by atoms with E-state index in [0.29, 0.717) is 0 Å². The third kappa shape index (κ3) is 4.67. The van der Waals surface area contributed by atoms with Crippen molar-refractivity contribution in [3.8, 4) is 5.75 Å². The summed E-state index contributed by atoms with van der Waals surface area (Å²) in [4.78, 5) is 14.8. The van der Waals surface area contributed by atoms with Gasteiger partial charge in [-0.3, -0.25) is 9.69 Å². The first-order chi connectivity index (χ1) is 11.7. The highest BCUT2D eigenvalue weighted by molar-refractivity contribution is 9.10. The van der Waals surface area contributed by atoms with Gasteiger partial charge in [-0.15, -0.1) is 0 Å².